The van der Waals surface area contributed by atoms with Gasteiger partial charge in [0, 0.05) is 37.0 Å². The first-order valence-electron chi connectivity index (χ1n) is 6.08. The highest BCUT2D eigenvalue weighted by atomic mass is 16.3. The van der Waals surface area contributed by atoms with Crippen LogP contribution in [0.15, 0.2) is 30.5 Å². The number of phenols is 1. The van der Waals surface area contributed by atoms with E-state index in [1.165, 1.54) is 5.56 Å². The number of hydrogen-bond donors (Lipinski definition) is 2. The van der Waals surface area contributed by atoms with E-state index < -0.39 is 0 Å². The van der Waals surface area contributed by atoms with Gasteiger partial charge in [-0.2, -0.15) is 5.10 Å². The van der Waals surface area contributed by atoms with Crippen LogP contribution >= 0.6 is 0 Å². The highest BCUT2D eigenvalue weighted by Crippen LogP contribution is 2.23. The van der Waals surface area contributed by atoms with E-state index in [1.54, 1.807) is 6.07 Å². The van der Waals surface area contributed by atoms with Crippen molar-refractivity contribution in [2.24, 2.45) is 7.05 Å². The molecule has 4 nitrogen and oxygen atoms in total. The van der Waals surface area contributed by atoms with Crippen LogP contribution in [0.4, 0.5) is 0 Å². The fourth-order valence-electron chi connectivity index (χ4n) is 2.05. The van der Waals surface area contributed by atoms with Crippen LogP contribution < -0.4 is 5.32 Å². The monoisotopic (exact) mass is 245 g/mol. The zero-order chi connectivity index (χ0) is 13.1. The molecule has 1 heterocycles. The average Bonchev–Trinajstić information content (AvgIpc) is 2.65. The summed E-state index contributed by atoms with van der Waals surface area (Å²) in [6, 6.07) is 7.51. The van der Waals surface area contributed by atoms with E-state index in [-0.39, 0.29) is 6.04 Å². The van der Waals surface area contributed by atoms with Gasteiger partial charge < -0.3 is 10.4 Å². The summed E-state index contributed by atoms with van der Waals surface area (Å²) in [5, 5.41) is 17.5. The second-order valence-corrected chi connectivity index (χ2v) is 4.57. The number of nitrogens with one attached hydrogen (secondary N) is 1. The maximum absolute atomic E-state index is 9.78. The summed E-state index contributed by atoms with van der Waals surface area (Å²) in [7, 11) is 1.92. The molecule has 0 fully saturated rings. The van der Waals surface area contributed by atoms with Crippen molar-refractivity contribution in [2.45, 2.75) is 26.4 Å². The Balaban J connectivity index is 2.03. The molecule has 0 saturated heterocycles. The van der Waals surface area contributed by atoms with Crippen LogP contribution in [0.25, 0.3) is 0 Å². The molecule has 2 aromatic rings. The molecule has 1 aromatic heterocycles. The molecule has 0 aliphatic carbocycles. The lowest BCUT2D eigenvalue weighted by atomic mass is 10.1. The Morgan fingerprint density at radius 1 is 1.39 bits per heavy atom. The molecule has 0 amide bonds. The van der Waals surface area contributed by atoms with Gasteiger partial charge >= 0.3 is 0 Å². The minimum Gasteiger partial charge on any atom is -0.508 e. The van der Waals surface area contributed by atoms with Gasteiger partial charge in [0.2, 0.25) is 0 Å². The highest BCUT2D eigenvalue weighted by molar-refractivity contribution is 5.34. The fourth-order valence-corrected chi connectivity index (χ4v) is 2.05. The molecule has 2 rings (SSSR count). The molecule has 18 heavy (non-hydrogen) atoms. The van der Waals surface area contributed by atoms with Crippen LogP contribution in [0, 0.1) is 6.92 Å². The minimum absolute atomic E-state index is 0.103. The number of nitrogens with zero attached hydrogens (tertiary/aromatic N) is 2. The number of aryl methyl sites for hydroxylation is 2. The SMILES string of the molecule is Cc1nn(C)cc1CNC(C)c1ccccc1O. The Hall–Kier alpha value is -1.81. The molecule has 1 unspecified atom stereocenters. The van der Waals surface area contributed by atoms with E-state index in [9.17, 15) is 5.11 Å². The van der Waals surface area contributed by atoms with E-state index in [0.29, 0.717) is 5.75 Å². The second kappa shape index (κ2) is 5.23. The summed E-state index contributed by atoms with van der Waals surface area (Å²) in [5.74, 6) is 0.334. The summed E-state index contributed by atoms with van der Waals surface area (Å²) in [4.78, 5) is 0. The largest absolute Gasteiger partial charge is 0.508 e. The first-order chi connectivity index (χ1) is 8.58. The minimum atomic E-state index is 0.103. The third kappa shape index (κ3) is 2.71. The first-order valence-corrected chi connectivity index (χ1v) is 6.08. The van der Waals surface area contributed by atoms with Crippen LogP contribution in [-0.4, -0.2) is 14.9 Å². The third-order valence-corrected chi connectivity index (χ3v) is 3.12. The Morgan fingerprint density at radius 3 is 2.72 bits per heavy atom. The van der Waals surface area contributed by atoms with Gasteiger partial charge in [0.1, 0.15) is 5.75 Å². The van der Waals surface area contributed by atoms with Crippen molar-refractivity contribution in [1.82, 2.24) is 15.1 Å². The maximum atomic E-state index is 9.78. The summed E-state index contributed by atoms with van der Waals surface area (Å²) >= 11 is 0. The van der Waals surface area contributed by atoms with Crippen LogP contribution in [0.1, 0.15) is 29.8 Å². The molecule has 1 aromatic carbocycles. The third-order valence-electron chi connectivity index (χ3n) is 3.12. The number of aromatic hydroxyl groups is 1. The molecular weight excluding hydrogens is 226 g/mol. The molecule has 0 spiro atoms. The van der Waals surface area contributed by atoms with Crippen LogP contribution in [0.2, 0.25) is 0 Å². The quantitative estimate of drug-likeness (QED) is 0.869. The average molecular weight is 245 g/mol. The summed E-state index contributed by atoms with van der Waals surface area (Å²) < 4.78 is 1.82. The Labute approximate surface area is 107 Å². The number of benzene rings is 1. The Kier molecular flexibility index (Phi) is 3.67. The number of aromatic nitrogens is 2. The zero-order valence-corrected chi connectivity index (χ0v) is 11.0. The number of phenolic OH excluding ortho intramolecular Hbond substituents is 1. The summed E-state index contributed by atoms with van der Waals surface area (Å²) in [5.41, 5.74) is 3.13. The zero-order valence-electron chi connectivity index (χ0n) is 11.0. The molecule has 0 radical (unpaired) electrons. The molecule has 0 aliphatic heterocycles. The fraction of sp³-hybridized carbons (Fsp3) is 0.357. The summed E-state index contributed by atoms with van der Waals surface area (Å²) in [6.07, 6.45) is 2.01. The van der Waals surface area contributed by atoms with Gasteiger partial charge in [0.25, 0.3) is 0 Å². The van der Waals surface area contributed by atoms with Crippen molar-refractivity contribution in [3.63, 3.8) is 0 Å². The first kappa shape index (κ1) is 12.6. The number of hydrogen-bond acceptors (Lipinski definition) is 3. The lowest BCUT2D eigenvalue weighted by Crippen LogP contribution is -2.18. The van der Waals surface area contributed by atoms with Gasteiger partial charge in [-0.05, 0) is 19.9 Å². The van der Waals surface area contributed by atoms with Crippen molar-refractivity contribution in [1.29, 1.82) is 0 Å². The molecule has 96 valence electrons. The van der Waals surface area contributed by atoms with Gasteiger partial charge in [0.05, 0.1) is 5.69 Å². The number of rotatable bonds is 4. The topological polar surface area (TPSA) is 50.1 Å². The normalized spacial score (nSPS) is 12.6. The predicted molar refractivity (Wildman–Crippen MR) is 71.3 cm³/mol. The van der Waals surface area contributed by atoms with Gasteiger partial charge in [-0.25, -0.2) is 0 Å². The van der Waals surface area contributed by atoms with Crippen LogP contribution in [-0.2, 0) is 13.6 Å². The Bertz CT molecular complexity index is 534. The van der Waals surface area contributed by atoms with Gasteiger partial charge in [0.15, 0.2) is 0 Å². The van der Waals surface area contributed by atoms with Crippen molar-refractivity contribution in [3.8, 4) is 5.75 Å². The standard InChI is InChI=1S/C14H19N3O/c1-10-12(9-17(3)16-10)8-15-11(2)13-6-4-5-7-14(13)18/h4-7,9,11,15,18H,8H2,1-3H3. The van der Waals surface area contributed by atoms with E-state index >= 15 is 0 Å². The van der Waals surface area contributed by atoms with E-state index in [0.717, 1.165) is 17.8 Å². The molecule has 4 heteroatoms. The van der Waals surface area contributed by atoms with E-state index in [1.807, 2.05) is 50.0 Å². The predicted octanol–water partition coefficient (Wildman–Crippen LogP) is 2.28. The molecule has 1 atom stereocenters. The van der Waals surface area contributed by atoms with Crippen molar-refractivity contribution >= 4 is 0 Å². The highest BCUT2D eigenvalue weighted by Gasteiger charge is 2.10. The van der Waals surface area contributed by atoms with E-state index in [2.05, 4.69) is 10.4 Å². The van der Waals surface area contributed by atoms with Gasteiger partial charge in [-0.3, -0.25) is 4.68 Å². The smallest absolute Gasteiger partial charge is 0.120 e. The molecule has 0 saturated carbocycles. The lowest BCUT2D eigenvalue weighted by molar-refractivity contribution is 0.452. The maximum Gasteiger partial charge on any atom is 0.120 e. The van der Waals surface area contributed by atoms with Crippen molar-refractivity contribution < 1.29 is 5.11 Å². The van der Waals surface area contributed by atoms with Crippen molar-refractivity contribution in [2.75, 3.05) is 0 Å². The van der Waals surface area contributed by atoms with E-state index in [4.69, 9.17) is 0 Å². The van der Waals surface area contributed by atoms with Gasteiger partial charge in [-0.1, -0.05) is 18.2 Å². The number of para-hydroxylation sites is 1. The van der Waals surface area contributed by atoms with Crippen molar-refractivity contribution in [3.05, 3.63) is 47.3 Å². The molecule has 0 bridgehead atoms. The molecule has 0 aliphatic rings. The van der Waals surface area contributed by atoms with Crippen LogP contribution in [0.5, 0.6) is 5.75 Å². The molecular formula is C14H19N3O. The summed E-state index contributed by atoms with van der Waals surface area (Å²) in [6.45, 7) is 4.79. The molecule has 2 N–H and O–H groups in total. The Morgan fingerprint density at radius 2 is 2.11 bits per heavy atom. The van der Waals surface area contributed by atoms with Crippen LogP contribution in [0.3, 0.4) is 0 Å². The second-order valence-electron chi connectivity index (χ2n) is 4.57. The lowest BCUT2D eigenvalue weighted by Gasteiger charge is -2.15. The van der Waals surface area contributed by atoms with Gasteiger partial charge in [-0.15, -0.1) is 0 Å².